The molecule has 0 atom stereocenters. The summed E-state index contributed by atoms with van der Waals surface area (Å²) in [6, 6.07) is 21.0. The predicted octanol–water partition coefficient (Wildman–Crippen LogP) is 5.25. The van der Waals surface area contributed by atoms with Crippen LogP contribution >= 0.6 is 0 Å². The molecule has 120 valence electrons. The van der Waals surface area contributed by atoms with Crippen LogP contribution in [0.25, 0.3) is 10.8 Å². The van der Waals surface area contributed by atoms with Crippen LogP contribution in [0.2, 0.25) is 0 Å². The molecule has 0 saturated heterocycles. The van der Waals surface area contributed by atoms with Gasteiger partial charge in [0.15, 0.2) is 0 Å². The molecule has 0 aromatic heterocycles. The summed E-state index contributed by atoms with van der Waals surface area (Å²) in [5.41, 5.74) is 4.56. The molecule has 0 fully saturated rings. The minimum absolute atomic E-state index is 0.529. The zero-order valence-electron chi connectivity index (χ0n) is 14.0. The van der Waals surface area contributed by atoms with Crippen molar-refractivity contribution in [2.24, 2.45) is 4.99 Å². The van der Waals surface area contributed by atoms with Crippen molar-refractivity contribution in [1.82, 2.24) is 0 Å². The SMILES string of the molecule is CC.c1ccc2c(c1)COCN1C2=Nc2cccc3cccc1c23. The molecule has 24 heavy (non-hydrogen) atoms. The summed E-state index contributed by atoms with van der Waals surface area (Å²) < 4.78 is 5.88. The highest BCUT2D eigenvalue weighted by Gasteiger charge is 2.27. The van der Waals surface area contributed by atoms with Crippen LogP contribution in [-0.4, -0.2) is 12.6 Å². The molecule has 0 radical (unpaired) electrons. The molecule has 3 aromatic carbocycles. The molecule has 2 aliphatic rings. The number of hydrogen-bond donors (Lipinski definition) is 0. The van der Waals surface area contributed by atoms with Crippen LogP contribution in [0, 0.1) is 0 Å². The van der Waals surface area contributed by atoms with Gasteiger partial charge in [0.1, 0.15) is 12.6 Å². The Morgan fingerprint density at radius 3 is 2.58 bits per heavy atom. The molecule has 0 unspecified atom stereocenters. The smallest absolute Gasteiger partial charge is 0.143 e. The molecular weight excluding hydrogens is 296 g/mol. The average molecular weight is 316 g/mol. The first-order valence-corrected chi connectivity index (χ1v) is 8.46. The lowest BCUT2D eigenvalue weighted by atomic mass is 10.0. The third-order valence-corrected chi connectivity index (χ3v) is 4.37. The van der Waals surface area contributed by atoms with E-state index in [1.807, 2.05) is 13.8 Å². The van der Waals surface area contributed by atoms with Gasteiger partial charge in [0, 0.05) is 10.9 Å². The molecule has 0 spiro atoms. The van der Waals surface area contributed by atoms with Crippen molar-refractivity contribution < 1.29 is 4.74 Å². The molecular formula is C21H20N2O. The van der Waals surface area contributed by atoms with Gasteiger partial charge in [-0.3, -0.25) is 0 Å². The summed E-state index contributed by atoms with van der Waals surface area (Å²) >= 11 is 0. The van der Waals surface area contributed by atoms with Gasteiger partial charge in [-0.05, 0) is 23.1 Å². The topological polar surface area (TPSA) is 24.8 Å². The monoisotopic (exact) mass is 316 g/mol. The molecule has 0 bridgehead atoms. The van der Waals surface area contributed by atoms with Crippen molar-refractivity contribution in [3.63, 3.8) is 0 Å². The summed E-state index contributed by atoms with van der Waals surface area (Å²) in [6.07, 6.45) is 0. The highest BCUT2D eigenvalue weighted by molar-refractivity contribution is 6.20. The fourth-order valence-electron chi connectivity index (χ4n) is 3.36. The zero-order valence-corrected chi connectivity index (χ0v) is 14.0. The summed E-state index contributed by atoms with van der Waals surface area (Å²) in [4.78, 5) is 7.13. The predicted molar refractivity (Wildman–Crippen MR) is 100 cm³/mol. The number of ether oxygens (including phenoxy) is 1. The Bertz CT molecular complexity index is 925. The Hall–Kier alpha value is -2.65. The second kappa shape index (κ2) is 6.10. The van der Waals surface area contributed by atoms with Crippen LogP contribution in [0.3, 0.4) is 0 Å². The highest BCUT2D eigenvalue weighted by Crippen LogP contribution is 2.40. The summed E-state index contributed by atoms with van der Waals surface area (Å²) in [7, 11) is 0. The lowest BCUT2D eigenvalue weighted by Gasteiger charge is -2.29. The lowest BCUT2D eigenvalue weighted by molar-refractivity contribution is 0.131. The third kappa shape index (κ3) is 2.21. The number of nitrogens with zero attached hydrogens (tertiary/aromatic N) is 2. The van der Waals surface area contributed by atoms with Crippen molar-refractivity contribution in [3.8, 4) is 0 Å². The van der Waals surface area contributed by atoms with Gasteiger partial charge >= 0.3 is 0 Å². The van der Waals surface area contributed by atoms with E-state index in [-0.39, 0.29) is 0 Å². The maximum atomic E-state index is 5.88. The second-order valence-electron chi connectivity index (χ2n) is 5.65. The molecule has 2 heterocycles. The first-order valence-electron chi connectivity index (χ1n) is 8.46. The van der Waals surface area contributed by atoms with Crippen molar-refractivity contribution in [1.29, 1.82) is 0 Å². The number of rotatable bonds is 0. The van der Waals surface area contributed by atoms with E-state index in [1.54, 1.807) is 0 Å². The van der Waals surface area contributed by atoms with Gasteiger partial charge in [-0.2, -0.15) is 0 Å². The maximum Gasteiger partial charge on any atom is 0.143 e. The molecule has 3 heteroatoms. The third-order valence-electron chi connectivity index (χ3n) is 4.37. The molecule has 0 N–H and O–H groups in total. The van der Waals surface area contributed by atoms with E-state index in [1.165, 1.54) is 22.0 Å². The number of amidine groups is 1. The van der Waals surface area contributed by atoms with Crippen LogP contribution in [0.15, 0.2) is 65.7 Å². The fraction of sp³-hybridized carbons (Fsp3) is 0.190. The number of anilines is 1. The van der Waals surface area contributed by atoms with Gasteiger partial charge in [0.2, 0.25) is 0 Å². The molecule has 3 nitrogen and oxygen atoms in total. The second-order valence-corrected chi connectivity index (χ2v) is 5.65. The minimum atomic E-state index is 0.529. The molecule has 0 aliphatic carbocycles. The van der Waals surface area contributed by atoms with Gasteiger partial charge in [-0.15, -0.1) is 0 Å². The van der Waals surface area contributed by atoms with Gasteiger partial charge in [-0.1, -0.05) is 62.4 Å². The molecule has 0 amide bonds. The van der Waals surface area contributed by atoms with E-state index in [9.17, 15) is 0 Å². The minimum Gasteiger partial charge on any atom is -0.356 e. The largest absolute Gasteiger partial charge is 0.356 e. The Morgan fingerprint density at radius 1 is 0.917 bits per heavy atom. The summed E-state index contributed by atoms with van der Waals surface area (Å²) in [5, 5.41) is 2.42. The van der Waals surface area contributed by atoms with E-state index >= 15 is 0 Å². The number of hydrogen-bond acceptors (Lipinski definition) is 3. The van der Waals surface area contributed by atoms with E-state index in [0.717, 1.165) is 17.1 Å². The normalized spacial score (nSPS) is 14.8. The average Bonchev–Trinajstić information content (AvgIpc) is 2.84. The Labute approximate surface area is 142 Å². The lowest BCUT2D eigenvalue weighted by Crippen LogP contribution is -2.33. The summed E-state index contributed by atoms with van der Waals surface area (Å²) in [5.74, 6) is 0.985. The van der Waals surface area contributed by atoms with Gasteiger partial charge < -0.3 is 9.64 Å². The standard InChI is InChI=1S/C19H14N2O.C2H6/c1-2-8-15-14(5-1)11-22-12-21-17-10-4-7-13-6-3-9-16(18(13)17)20-19(15)21;1-2/h1-10H,11-12H2;1-2H3. The number of benzene rings is 3. The van der Waals surface area contributed by atoms with Crippen LogP contribution in [-0.2, 0) is 11.3 Å². The summed E-state index contributed by atoms with van der Waals surface area (Å²) in [6.45, 7) is 5.15. The van der Waals surface area contributed by atoms with E-state index in [4.69, 9.17) is 9.73 Å². The van der Waals surface area contributed by atoms with Gasteiger partial charge in [-0.25, -0.2) is 4.99 Å². The van der Waals surface area contributed by atoms with E-state index < -0.39 is 0 Å². The highest BCUT2D eigenvalue weighted by atomic mass is 16.5. The van der Waals surface area contributed by atoms with Crippen molar-refractivity contribution in [2.45, 2.75) is 20.5 Å². The van der Waals surface area contributed by atoms with Crippen molar-refractivity contribution in [3.05, 3.63) is 71.8 Å². The first kappa shape index (κ1) is 14.9. The Kier molecular flexibility index (Phi) is 3.79. The van der Waals surface area contributed by atoms with Crippen molar-refractivity contribution in [2.75, 3.05) is 11.6 Å². The van der Waals surface area contributed by atoms with Gasteiger partial charge in [0.25, 0.3) is 0 Å². The number of aliphatic imine (C=N–C) groups is 1. The first-order chi connectivity index (χ1) is 11.9. The fourth-order valence-corrected chi connectivity index (χ4v) is 3.36. The Balaban J connectivity index is 0.000000704. The zero-order chi connectivity index (χ0) is 16.5. The molecule has 5 rings (SSSR count). The quantitative estimate of drug-likeness (QED) is 0.565. The van der Waals surface area contributed by atoms with E-state index in [0.29, 0.717) is 13.3 Å². The molecule has 2 aliphatic heterocycles. The van der Waals surface area contributed by atoms with E-state index in [2.05, 4.69) is 65.6 Å². The number of fused-ring (bicyclic) bond motifs is 4. The van der Waals surface area contributed by atoms with Crippen molar-refractivity contribution >= 4 is 28.0 Å². The molecule has 0 saturated carbocycles. The Morgan fingerprint density at radius 2 is 1.71 bits per heavy atom. The van der Waals surface area contributed by atoms with Crippen LogP contribution in [0.5, 0.6) is 0 Å². The molecule has 3 aromatic rings. The van der Waals surface area contributed by atoms with Crippen LogP contribution in [0.4, 0.5) is 11.4 Å². The van der Waals surface area contributed by atoms with Crippen LogP contribution in [0.1, 0.15) is 25.0 Å². The van der Waals surface area contributed by atoms with Crippen LogP contribution < -0.4 is 4.90 Å². The van der Waals surface area contributed by atoms with Gasteiger partial charge in [0.05, 0.1) is 18.0 Å². The maximum absolute atomic E-state index is 5.88.